The predicted octanol–water partition coefficient (Wildman–Crippen LogP) is 5.23. The highest BCUT2D eigenvalue weighted by molar-refractivity contribution is 5.63. The first kappa shape index (κ1) is 22.1. The zero-order valence-electron chi connectivity index (χ0n) is 17.5. The average Bonchev–Trinajstić information content (AvgIpc) is 3.16. The van der Waals surface area contributed by atoms with Crippen molar-refractivity contribution in [2.75, 3.05) is 30.3 Å². The molecule has 2 aromatic carbocycles. The van der Waals surface area contributed by atoms with Gasteiger partial charge in [-0.15, -0.1) is 5.10 Å². The van der Waals surface area contributed by atoms with E-state index in [0.29, 0.717) is 13.1 Å². The molecule has 1 saturated heterocycles. The molecule has 4 rings (SSSR count). The van der Waals surface area contributed by atoms with Crippen LogP contribution < -0.4 is 10.6 Å². The second kappa shape index (κ2) is 9.56. The summed E-state index contributed by atoms with van der Waals surface area (Å²) >= 11 is 0. The highest BCUT2D eigenvalue weighted by Gasteiger charge is 2.21. The van der Waals surface area contributed by atoms with E-state index in [2.05, 4.69) is 20.7 Å². The van der Waals surface area contributed by atoms with Crippen LogP contribution in [0.15, 0.2) is 42.7 Å². The highest BCUT2D eigenvalue weighted by Crippen LogP contribution is 2.24. The molecule has 3 aromatic rings. The number of anilines is 3. The fourth-order valence-electron chi connectivity index (χ4n) is 3.87. The highest BCUT2D eigenvalue weighted by atomic mass is 19.3. The number of hydrogen-bond acceptors (Lipinski definition) is 5. The molecule has 1 aliphatic heterocycles. The van der Waals surface area contributed by atoms with Crippen LogP contribution in [-0.2, 0) is 0 Å². The molecule has 174 valence electrons. The topological polar surface area (TPSA) is 58.0 Å². The molecule has 1 fully saturated rings. The maximum absolute atomic E-state index is 13.5. The summed E-state index contributed by atoms with van der Waals surface area (Å²) in [5, 5.41) is 10.8. The van der Waals surface area contributed by atoms with Crippen LogP contribution in [0, 0.1) is 18.6 Å². The van der Waals surface area contributed by atoms with E-state index in [1.54, 1.807) is 4.90 Å². The molecule has 0 radical (unpaired) electrons. The van der Waals surface area contributed by atoms with Crippen LogP contribution >= 0.6 is 0 Å². The molecule has 0 spiro atoms. The largest absolute Gasteiger partial charge is 0.382 e. The van der Waals surface area contributed by atoms with Crippen molar-refractivity contribution in [3.63, 3.8) is 0 Å². The summed E-state index contributed by atoms with van der Waals surface area (Å²) in [6.45, 7) is 3.07. The van der Waals surface area contributed by atoms with Gasteiger partial charge in [0.2, 0.25) is 5.95 Å². The Hall–Kier alpha value is -3.14. The van der Waals surface area contributed by atoms with Crippen molar-refractivity contribution in [2.24, 2.45) is 0 Å². The summed E-state index contributed by atoms with van der Waals surface area (Å²) in [7, 11) is 0. The summed E-state index contributed by atoms with van der Waals surface area (Å²) in [5.74, 6) is -1.11. The molecule has 0 unspecified atom stereocenters. The minimum Gasteiger partial charge on any atom is -0.382 e. The Morgan fingerprint density at radius 3 is 2.41 bits per heavy atom. The lowest BCUT2D eigenvalue weighted by molar-refractivity contribution is 0.0769. The minimum absolute atomic E-state index is 0. The van der Waals surface area contributed by atoms with Crippen LogP contribution in [0.5, 0.6) is 0 Å². The first-order valence-electron chi connectivity index (χ1n) is 10.4. The second-order valence-corrected chi connectivity index (χ2v) is 7.96. The third kappa shape index (κ3) is 5.76. The molecule has 2 N–H and O–H groups in total. The van der Waals surface area contributed by atoms with Crippen LogP contribution in [0.25, 0.3) is 5.69 Å². The molecule has 1 aromatic heterocycles. The quantitative estimate of drug-likeness (QED) is 0.481. The fourth-order valence-corrected chi connectivity index (χ4v) is 3.87. The van der Waals surface area contributed by atoms with E-state index in [0.717, 1.165) is 35.8 Å². The summed E-state index contributed by atoms with van der Waals surface area (Å²) in [6, 6.07) is 9.20. The van der Waals surface area contributed by atoms with Crippen molar-refractivity contribution in [1.82, 2.24) is 19.7 Å². The number of alkyl halides is 2. The number of likely N-dealkylation sites (tertiary alicyclic amines) is 1. The van der Waals surface area contributed by atoms with Crippen molar-refractivity contribution in [3.05, 3.63) is 59.9 Å². The molecule has 10 heteroatoms. The van der Waals surface area contributed by atoms with Crippen molar-refractivity contribution in [1.29, 1.82) is 0 Å². The maximum Gasteiger partial charge on any atom is 0.251 e. The number of nitrogens with one attached hydrogen (secondary N) is 2. The van der Waals surface area contributed by atoms with Gasteiger partial charge in [0.1, 0.15) is 18.0 Å². The van der Waals surface area contributed by atoms with Crippen molar-refractivity contribution in [3.8, 4) is 5.69 Å². The van der Waals surface area contributed by atoms with Gasteiger partial charge < -0.3 is 10.6 Å². The Labute approximate surface area is 186 Å². The smallest absolute Gasteiger partial charge is 0.251 e. The van der Waals surface area contributed by atoms with Crippen LogP contribution in [0.1, 0.15) is 21.3 Å². The van der Waals surface area contributed by atoms with E-state index in [1.807, 2.05) is 25.1 Å². The number of benzene rings is 2. The first-order chi connectivity index (χ1) is 15.3. The van der Waals surface area contributed by atoms with Gasteiger partial charge in [-0.05, 0) is 55.7 Å². The third-order valence-electron chi connectivity index (χ3n) is 5.29. The maximum atomic E-state index is 13.5. The Morgan fingerprint density at radius 1 is 1.03 bits per heavy atom. The zero-order valence-corrected chi connectivity index (χ0v) is 17.5. The van der Waals surface area contributed by atoms with E-state index in [9.17, 15) is 17.6 Å². The number of hydrogen-bond donors (Lipinski definition) is 2. The van der Waals surface area contributed by atoms with E-state index < -0.39 is 18.1 Å². The number of piperidine rings is 1. The van der Waals surface area contributed by atoms with Crippen molar-refractivity contribution >= 4 is 17.3 Å². The standard InChI is InChI=1S/C22H24F4N6.2H2/c1-14-6-18(28-17-2-4-31(5-3-17)12-21(25)26)11-19(7-14)29-22-27-13-32(30-22)20-9-15(23)8-16(24)10-20;;/h6-11,13,17,21,28H,2-5,12H2,1H3,(H,29,30);2*1H. The molecule has 0 aliphatic carbocycles. The monoisotopic (exact) mass is 452 g/mol. The lowest BCUT2D eigenvalue weighted by atomic mass is 10.0. The zero-order chi connectivity index (χ0) is 22.7. The van der Waals surface area contributed by atoms with Crippen LogP contribution in [-0.4, -0.2) is 51.8 Å². The van der Waals surface area contributed by atoms with E-state index in [-0.39, 0.29) is 27.1 Å². The van der Waals surface area contributed by atoms with E-state index in [4.69, 9.17) is 0 Å². The molecule has 32 heavy (non-hydrogen) atoms. The fraction of sp³-hybridized carbons (Fsp3) is 0.364. The number of halogens is 4. The third-order valence-corrected chi connectivity index (χ3v) is 5.29. The first-order valence-corrected chi connectivity index (χ1v) is 10.4. The summed E-state index contributed by atoms with van der Waals surface area (Å²) < 4.78 is 53.3. The molecular weight excluding hydrogens is 424 g/mol. The molecular formula is C22H28F4N6. The predicted molar refractivity (Wildman–Crippen MR) is 119 cm³/mol. The van der Waals surface area contributed by atoms with Gasteiger partial charge in [0.25, 0.3) is 6.43 Å². The van der Waals surface area contributed by atoms with Crippen LogP contribution in [0.3, 0.4) is 0 Å². The van der Waals surface area contributed by atoms with Crippen LogP contribution in [0.2, 0.25) is 0 Å². The van der Waals surface area contributed by atoms with Crippen LogP contribution in [0.4, 0.5) is 34.9 Å². The van der Waals surface area contributed by atoms with Gasteiger partial charge in [-0.25, -0.2) is 22.2 Å². The molecule has 2 heterocycles. The number of aryl methyl sites for hydroxylation is 1. The summed E-state index contributed by atoms with van der Waals surface area (Å²) in [4.78, 5) is 5.95. The Morgan fingerprint density at radius 2 is 1.72 bits per heavy atom. The molecule has 0 amide bonds. The Balaban J connectivity index is 0.00000204. The normalized spacial score (nSPS) is 15.3. The number of aromatic nitrogens is 3. The van der Waals surface area contributed by atoms with Gasteiger partial charge >= 0.3 is 0 Å². The van der Waals surface area contributed by atoms with Gasteiger partial charge in [-0.2, -0.15) is 4.98 Å². The second-order valence-electron chi connectivity index (χ2n) is 7.96. The Bertz CT molecular complexity index is 1050. The lowest BCUT2D eigenvalue weighted by Crippen LogP contribution is -2.41. The Kier molecular flexibility index (Phi) is 6.59. The van der Waals surface area contributed by atoms with Gasteiger partial charge in [-0.1, -0.05) is 0 Å². The lowest BCUT2D eigenvalue weighted by Gasteiger charge is -2.32. The van der Waals surface area contributed by atoms with Gasteiger partial charge in [-0.3, -0.25) is 4.90 Å². The van der Waals surface area contributed by atoms with Crippen molar-refractivity contribution in [2.45, 2.75) is 32.2 Å². The molecule has 1 aliphatic rings. The van der Waals surface area contributed by atoms with Gasteiger partial charge in [0.15, 0.2) is 0 Å². The molecule has 6 nitrogen and oxygen atoms in total. The van der Waals surface area contributed by atoms with Gasteiger partial charge in [0, 0.05) is 39.4 Å². The SMILES string of the molecule is Cc1cc(Nc2ncn(-c3cc(F)cc(F)c3)n2)cc(NC2CCN(CC(F)F)CC2)c1.[HH].[HH]. The van der Waals surface area contributed by atoms with E-state index >= 15 is 0 Å². The minimum atomic E-state index is -2.30. The summed E-state index contributed by atoms with van der Waals surface area (Å²) in [5.41, 5.74) is 2.91. The summed E-state index contributed by atoms with van der Waals surface area (Å²) in [6.07, 6.45) is 0.652. The van der Waals surface area contributed by atoms with E-state index in [1.165, 1.54) is 23.1 Å². The number of nitrogens with zero attached hydrogens (tertiary/aromatic N) is 4. The van der Waals surface area contributed by atoms with Gasteiger partial charge in [0.05, 0.1) is 12.2 Å². The van der Waals surface area contributed by atoms with Crippen molar-refractivity contribution < 1.29 is 20.4 Å². The average molecular weight is 453 g/mol. The molecule has 0 atom stereocenters. The molecule has 0 saturated carbocycles. The number of rotatable bonds is 7. The molecule has 0 bridgehead atoms.